The lowest BCUT2D eigenvalue weighted by Crippen LogP contribution is -2.07. The van der Waals surface area contributed by atoms with Gasteiger partial charge in [0.05, 0.1) is 7.11 Å². The van der Waals surface area contributed by atoms with Crippen molar-refractivity contribution in [2.45, 2.75) is 20.4 Å². The van der Waals surface area contributed by atoms with E-state index < -0.39 is 0 Å². The molecule has 2 aromatic heterocycles. The minimum atomic E-state index is 0.436. The zero-order valence-corrected chi connectivity index (χ0v) is 10.6. The van der Waals surface area contributed by atoms with Crippen LogP contribution in [-0.4, -0.2) is 27.0 Å². The van der Waals surface area contributed by atoms with Gasteiger partial charge < -0.3 is 10.5 Å². The molecular formula is C12H15N5O. The first-order chi connectivity index (χ1) is 8.65. The van der Waals surface area contributed by atoms with Crippen molar-refractivity contribution >= 4 is 0 Å². The van der Waals surface area contributed by atoms with E-state index in [1.54, 1.807) is 13.2 Å². The van der Waals surface area contributed by atoms with Crippen molar-refractivity contribution in [1.29, 1.82) is 0 Å². The molecule has 94 valence electrons. The summed E-state index contributed by atoms with van der Waals surface area (Å²) in [4.78, 5) is 16.9. The van der Waals surface area contributed by atoms with Gasteiger partial charge in [0.25, 0.3) is 0 Å². The zero-order chi connectivity index (χ0) is 13.1. The van der Waals surface area contributed by atoms with Crippen molar-refractivity contribution in [3.8, 4) is 17.4 Å². The summed E-state index contributed by atoms with van der Waals surface area (Å²) in [6, 6.07) is 1.70. The van der Waals surface area contributed by atoms with Gasteiger partial charge in [0.15, 0.2) is 5.82 Å². The van der Waals surface area contributed by atoms with Crippen LogP contribution in [0.1, 0.15) is 17.0 Å². The van der Waals surface area contributed by atoms with Crippen molar-refractivity contribution in [1.82, 2.24) is 19.9 Å². The second kappa shape index (κ2) is 5.05. The highest BCUT2D eigenvalue weighted by molar-refractivity contribution is 5.51. The minimum absolute atomic E-state index is 0.436. The Balaban J connectivity index is 2.51. The number of hydrogen-bond donors (Lipinski definition) is 1. The van der Waals surface area contributed by atoms with Gasteiger partial charge in [-0.05, 0) is 13.8 Å². The molecule has 0 saturated carbocycles. The van der Waals surface area contributed by atoms with Gasteiger partial charge in [-0.25, -0.2) is 19.9 Å². The normalized spacial score (nSPS) is 10.4. The minimum Gasteiger partial charge on any atom is -0.481 e. The number of aromatic nitrogens is 4. The van der Waals surface area contributed by atoms with E-state index in [-0.39, 0.29) is 0 Å². The third-order valence-corrected chi connectivity index (χ3v) is 2.71. The summed E-state index contributed by atoms with van der Waals surface area (Å²) in [5.41, 5.74) is 9.01. The number of nitrogens with zero attached hydrogens (tertiary/aromatic N) is 4. The van der Waals surface area contributed by atoms with Crippen LogP contribution >= 0.6 is 0 Å². The largest absolute Gasteiger partial charge is 0.481 e. The Kier molecular flexibility index (Phi) is 3.47. The van der Waals surface area contributed by atoms with Gasteiger partial charge in [0, 0.05) is 29.6 Å². The van der Waals surface area contributed by atoms with Gasteiger partial charge >= 0.3 is 0 Å². The van der Waals surface area contributed by atoms with Gasteiger partial charge in [-0.2, -0.15) is 0 Å². The predicted octanol–water partition coefficient (Wildman–Crippen LogP) is 1.02. The van der Waals surface area contributed by atoms with Crippen molar-refractivity contribution < 1.29 is 4.74 Å². The van der Waals surface area contributed by atoms with Crippen LogP contribution in [0.15, 0.2) is 12.4 Å². The standard InChI is InChI=1S/C12H15N5O/c1-7-9(5-13)8(2)17-12(16-7)10-4-11(18-3)15-6-14-10/h4,6H,5,13H2,1-3H3. The highest BCUT2D eigenvalue weighted by Crippen LogP contribution is 2.18. The second-order valence-corrected chi connectivity index (χ2v) is 3.85. The van der Waals surface area contributed by atoms with E-state index in [1.807, 2.05) is 13.8 Å². The average Bonchev–Trinajstić information content (AvgIpc) is 2.38. The zero-order valence-electron chi connectivity index (χ0n) is 10.6. The van der Waals surface area contributed by atoms with Crippen LogP contribution in [0, 0.1) is 13.8 Å². The van der Waals surface area contributed by atoms with Gasteiger partial charge in [0.1, 0.15) is 12.0 Å². The third-order valence-electron chi connectivity index (χ3n) is 2.71. The molecule has 0 atom stereocenters. The van der Waals surface area contributed by atoms with Crippen LogP contribution < -0.4 is 10.5 Å². The van der Waals surface area contributed by atoms with Crippen molar-refractivity contribution in [3.63, 3.8) is 0 Å². The molecule has 2 N–H and O–H groups in total. The molecule has 6 heteroatoms. The number of aryl methyl sites for hydroxylation is 2. The van der Waals surface area contributed by atoms with E-state index in [0.29, 0.717) is 23.9 Å². The summed E-state index contributed by atoms with van der Waals surface area (Å²) in [7, 11) is 1.56. The Morgan fingerprint density at radius 3 is 2.39 bits per heavy atom. The predicted molar refractivity (Wildman–Crippen MR) is 67.0 cm³/mol. The second-order valence-electron chi connectivity index (χ2n) is 3.85. The first-order valence-electron chi connectivity index (χ1n) is 5.56. The number of hydrogen-bond acceptors (Lipinski definition) is 6. The van der Waals surface area contributed by atoms with Crippen LogP contribution in [0.25, 0.3) is 11.5 Å². The van der Waals surface area contributed by atoms with Crippen LogP contribution in [0.5, 0.6) is 5.88 Å². The van der Waals surface area contributed by atoms with Gasteiger partial charge in [-0.1, -0.05) is 0 Å². The van der Waals surface area contributed by atoms with E-state index in [0.717, 1.165) is 17.0 Å². The maximum atomic E-state index is 5.66. The first-order valence-corrected chi connectivity index (χ1v) is 5.56. The highest BCUT2D eigenvalue weighted by atomic mass is 16.5. The molecule has 0 bridgehead atoms. The fraction of sp³-hybridized carbons (Fsp3) is 0.333. The average molecular weight is 245 g/mol. The van der Waals surface area contributed by atoms with Gasteiger partial charge in [0.2, 0.25) is 5.88 Å². The Morgan fingerprint density at radius 1 is 1.17 bits per heavy atom. The lowest BCUT2D eigenvalue weighted by atomic mass is 10.1. The summed E-state index contributed by atoms with van der Waals surface area (Å²) in [5.74, 6) is 1.05. The molecule has 0 amide bonds. The summed E-state index contributed by atoms with van der Waals surface area (Å²) in [6.07, 6.45) is 1.43. The third kappa shape index (κ3) is 2.28. The number of rotatable bonds is 3. The van der Waals surface area contributed by atoms with Crippen LogP contribution in [0.2, 0.25) is 0 Å². The molecule has 0 fully saturated rings. The summed E-state index contributed by atoms with van der Waals surface area (Å²) < 4.78 is 5.06. The number of ether oxygens (including phenoxy) is 1. The SMILES string of the molecule is COc1cc(-c2nc(C)c(CN)c(C)n2)ncn1. The Labute approximate surface area is 105 Å². The Hall–Kier alpha value is -2.08. The Morgan fingerprint density at radius 2 is 1.83 bits per heavy atom. The fourth-order valence-electron chi connectivity index (χ4n) is 1.72. The topological polar surface area (TPSA) is 86.8 Å². The van der Waals surface area contributed by atoms with Crippen LogP contribution in [0.3, 0.4) is 0 Å². The molecule has 0 aromatic carbocycles. The quantitative estimate of drug-likeness (QED) is 0.868. The van der Waals surface area contributed by atoms with Gasteiger partial charge in [-0.3, -0.25) is 0 Å². The van der Waals surface area contributed by atoms with Crippen LogP contribution in [-0.2, 0) is 6.54 Å². The lowest BCUT2D eigenvalue weighted by molar-refractivity contribution is 0.397. The molecule has 0 unspecified atom stereocenters. The fourth-order valence-corrected chi connectivity index (χ4v) is 1.72. The summed E-state index contributed by atoms with van der Waals surface area (Å²) >= 11 is 0. The smallest absolute Gasteiger partial charge is 0.216 e. The van der Waals surface area contributed by atoms with E-state index >= 15 is 0 Å². The molecule has 2 aromatic rings. The molecule has 0 aliphatic carbocycles. The van der Waals surface area contributed by atoms with E-state index in [2.05, 4.69) is 19.9 Å². The van der Waals surface area contributed by atoms with Crippen molar-refractivity contribution in [2.75, 3.05) is 7.11 Å². The van der Waals surface area contributed by atoms with Crippen molar-refractivity contribution in [3.05, 3.63) is 29.3 Å². The molecule has 0 aliphatic rings. The van der Waals surface area contributed by atoms with Crippen LogP contribution in [0.4, 0.5) is 0 Å². The van der Waals surface area contributed by atoms with E-state index in [9.17, 15) is 0 Å². The lowest BCUT2D eigenvalue weighted by Gasteiger charge is -2.08. The molecule has 0 saturated heterocycles. The maximum absolute atomic E-state index is 5.66. The van der Waals surface area contributed by atoms with E-state index in [1.165, 1.54) is 6.33 Å². The molecular weight excluding hydrogens is 230 g/mol. The maximum Gasteiger partial charge on any atom is 0.216 e. The van der Waals surface area contributed by atoms with Gasteiger partial charge in [-0.15, -0.1) is 0 Å². The summed E-state index contributed by atoms with van der Waals surface area (Å²) in [6.45, 7) is 4.27. The summed E-state index contributed by atoms with van der Waals surface area (Å²) in [5, 5.41) is 0. The number of nitrogens with two attached hydrogens (primary N) is 1. The molecule has 0 spiro atoms. The molecule has 0 radical (unpaired) electrons. The molecule has 2 heterocycles. The highest BCUT2D eigenvalue weighted by Gasteiger charge is 2.10. The van der Waals surface area contributed by atoms with E-state index in [4.69, 9.17) is 10.5 Å². The Bertz CT molecular complexity index is 547. The molecule has 18 heavy (non-hydrogen) atoms. The molecule has 6 nitrogen and oxygen atoms in total. The first kappa shape index (κ1) is 12.4. The molecule has 2 rings (SSSR count). The number of methoxy groups -OCH3 is 1. The van der Waals surface area contributed by atoms with Crippen molar-refractivity contribution in [2.24, 2.45) is 5.73 Å². The molecule has 0 aliphatic heterocycles. The monoisotopic (exact) mass is 245 g/mol.